The molecule has 0 radical (unpaired) electrons. The van der Waals surface area contributed by atoms with E-state index in [1.54, 1.807) is 6.92 Å². The van der Waals surface area contributed by atoms with Gasteiger partial charge in [0.1, 0.15) is 11.7 Å². The Bertz CT molecular complexity index is 748. The lowest BCUT2D eigenvalue weighted by atomic mass is 9.74. The minimum Gasteiger partial charge on any atom is -0.463 e. The van der Waals surface area contributed by atoms with Crippen LogP contribution in [-0.2, 0) is 23.5 Å². The van der Waals surface area contributed by atoms with Crippen LogP contribution in [0.1, 0.15) is 39.5 Å². The molecule has 2 aliphatic heterocycles. The first-order valence-electron chi connectivity index (χ1n) is 10.1. The van der Waals surface area contributed by atoms with E-state index in [1.165, 1.54) is 0 Å². The van der Waals surface area contributed by atoms with Gasteiger partial charge in [-0.15, -0.1) is 0 Å². The van der Waals surface area contributed by atoms with Crippen molar-refractivity contribution in [2.45, 2.75) is 77.0 Å². The van der Waals surface area contributed by atoms with Gasteiger partial charge in [0, 0.05) is 5.57 Å². The summed E-state index contributed by atoms with van der Waals surface area (Å²) < 4.78 is 17.9. The summed E-state index contributed by atoms with van der Waals surface area (Å²) >= 11 is 0. The summed E-state index contributed by atoms with van der Waals surface area (Å²) in [5.74, 6) is -0.577. The molecule has 2 bridgehead atoms. The van der Waals surface area contributed by atoms with Crippen LogP contribution in [0.5, 0.6) is 0 Å². The minimum atomic E-state index is -1.79. The summed E-state index contributed by atoms with van der Waals surface area (Å²) in [6.45, 7) is 10.8. The Balaban J connectivity index is 1.78. The highest BCUT2D eigenvalue weighted by Gasteiger charge is 2.62. The molecule has 6 heteroatoms. The third-order valence-electron chi connectivity index (χ3n) is 6.57. The van der Waals surface area contributed by atoms with E-state index in [2.05, 4.69) is 26.6 Å². The Morgan fingerprint density at radius 1 is 1.30 bits per heavy atom. The van der Waals surface area contributed by atoms with E-state index in [1.807, 2.05) is 12.2 Å². The van der Waals surface area contributed by atoms with Gasteiger partial charge in [-0.25, -0.2) is 4.79 Å². The molecule has 148 valence electrons. The predicted octanol–water partition coefficient (Wildman–Crippen LogP) is 3.55. The second-order valence-corrected chi connectivity index (χ2v) is 14.1. The Morgan fingerprint density at radius 3 is 2.70 bits per heavy atom. The van der Waals surface area contributed by atoms with Crippen LogP contribution >= 0.6 is 0 Å². The molecule has 0 N–H and O–H groups in total. The topological polar surface area (TPSA) is 61.8 Å². The second-order valence-electron chi connectivity index (χ2n) is 9.60. The van der Waals surface area contributed by atoms with E-state index in [4.69, 9.17) is 13.9 Å². The number of esters is 1. The molecule has 5 nitrogen and oxygen atoms in total. The van der Waals surface area contributed by atoms with Crippen molar-refractivity contribution >= 4 is 20.1 Å². The summed E-state index contributed by atoms with van der Waals surface area (Å²) in [4.78, 5) is 26.5. The molecular formula is C21H30O5Si. The zero-order valence-electron chi connectivity index (χ0n) is 17.0. The van der Waals surface area contributed by atoms with E-state index < -0.39 is 26.0 Å². The molecule has 0 amide bonds. The second kappa shape index (κ2) is 6.13. The van der Waals surface area contributed by atoms with Crippen LogP contribution in [0.2, 0.25) is 19.6 Å². The van der Waals surface area contributed by atoms with Crippen LogP contribution in [0, 0.1) is 11.3 Å². The quantitative estimate of drug-likeness (QED) is 0.417. The molecule has 3 unspecified atom stereocenters. The molecule has 0 aromatic rings. The van der Waals surface area contributed by atoms with Gasteiger partial charge in [0.25, 0.3) is 0 Å². The summed E-state index contributed by atoms with van der Waals surface area (Å²) in [5.41, 5.74) is 0.115. The Hall–Kier alpha value is -1.24. The number of ether oxygens (including phenoxy) is 2. The Kier molecular flexibility index (Phi) is 4.33. The molecular weight excluding hydrogens is 360 g/mol. The maximum absolute atomic E-state index is 13.9. The molecule has 0 aromatic carbocycles. The summed E-state index contributed by atoms with van der Waals surface area (Å²) in [5, 5.41) is 0. The van der Waals surface area contributed by atoms with Gasteiger partial charge in [0.2, 0.25) is 0 Å². The molecule has 0 aromatic heterocycles. The van der Waals surface area contributed by atoms with Gasteiger partial charge in [-0.05, 0) is 63.7 Å². The van der Waals surface area contributed by atoms with Gasteiger partial charge in [-0.1, -0.05) is 13.0 Å². The number of carbonyl (C=O) groups excluding carboxylic acids is 2. The van der Waals surface area contributed by atoms with Crippen molar-refractivity contribution in [2.24, 2.45) is 11.3 Å². The van der Waals surface area contributed by atoms with Crippen LogP contribution in [0.15, 0.2) is 23.3 Å². The van der Waals surface area contributed by atoms with E-state index in [0.717, 1.165) is 25.7 Å². The summed E-state index contributed by atoms with van der Waals surface area (Å²) in [6, 6.07) is 0. The fraction of sp³-hybridized carbons (Fsp3) is 0.714. The highest BCUT2D eigenvalue weighted by Crippen LogP contribution is 2.58. The molecule has 2 fully saturated rings. The number of rotatable bonds is 4. The first-order chi connectivity index (χ1) is 12.6. The molecule has 5 atom stereocenters. The number of carbonyl (C=O) groups is 2. The Labute approximate surface area is 162 Å². The molecule has 4 rings (SSSR count). The lowest BCUT2D eigenvalue weighted by Gasteiger charge is -2.34. The molecule has 2 saturated carbocycles. The third kappa shape index (κ3) is 2.88. The number of hydrogen-bond donors (Lipinski definition) is 0. The summed E-state index contributed by atoms with van der Waals surface area (Å²) in [7, 11) is -1.79. The molecule has 2 aliphatic carbocycles. The maximum atomic E-state index is 13.9. The fourth-order valence-electron chi connectivity index (χ4n) is 5.47. The Morgan fingerprint density at radius 2 is 2.04 bits per heavy atom. The average Bonchev–Trinajstić information content (AvgIpc) is 3.20. The van der Waals surface area contributed by atoms with Gasteiger partial charge >= 0.3 is 5.97 Å². The van der Waals surface area contributed by atoms with Crippen molar-refractivity contribution in [1.29, 1.82) is 0 Å². The van der Waals surface area contributed by atoms with Gasteiger partial charge in [-0.2, -0.15) is 0 Å². The van der Waals surface area contributed by atoms with E-state index >= 15 is 0 Å². The van der Waals surface area contributed by atoms with Gasteiger partial charge in [0.15, 0.2) is 14.1 Å². The molecule has 4 aliphatic rings. The minimum absolute atomic E-state index is 0.0469. The standard InChI is InChI=1S/C21H30O5Si/c1-6-24-19(23)15-13-8-10-21(25-13)12-11-20(2)9-7-14(26-27(3,4)5)16(20)18(22)17(15)21/h8,10,13-14,16H,6-7,9,11-12H2,1-5H3/t13?,14-,16?,20-,21?/m0/s1. The molecule has 0 saturated heterocycles. The van der Waals surface area contributed by atoms with Crippen molar-refractivity contribution in [2.75, 3.05) is 6.61 Å². The first kappa shape index (κ1) is 19.1. The number of ketones is 1. The zero-order chi connectivity index (χ0) is 19.6. The van der Waals surface area contributed by atoms with Gasteiger partial charge in [0.05, 0.1) is 24.2 Å². The van der Waals surface area contributed by atoms with Crippen LogP contribution in [0.4, 0.5) is 0 Å². The maximum Gasteiger partial charge on any atom is 0.337 e. The fourth-order valence-corrected chi connectivity index (χ4v) is 6.63. The average molecular weight is 391 g/mol. The highest BCUT2D eigenvalue weighted by molar-refractivity contribution is 6.69. The van der Waals surface area contributed by atoms with Crippen molar-refractivity contribution in [3.05, 3.63) is 23.3 Å². The SMILES string of the molecule is CCOC(=O)C1=C2C(=O)C3[C@@H](O[Si](C)(C)C)CC[C@@]3(C)CCC23C=CC1O3. The lowest BCUT2D eigenvalue weighted by molar-refractivity contribution is -0.139. The molecule has 27 heavy (non-hydrogen) atoms. The largest absolute Gasteiger partial charge is 0.463 e. The van der Waals surface area contributed by atoms with Crippen molar-refractivity contribution < 1.29 is 23.5 Å². The number of Topliss-reactive ketones (excluding diaryl/α,β-unsaturated/α-hetero) is 1. The third-order valence-corrected chi connectivity index (χ3v) is 7.58. The van der Waals surface area contributed by atoms with E-state index in [-0.39, 0.29) is 29.8 Å². The zero-order valence-corrected chi connectivity index (χ0v) is 18.0. The normalized spacial score (nSPS) is 40.2. The van der Waals surface area contributed by atoms with Crippen LogP contribution in [0.25, 0.3) is 0 Å². The summed E-state index contributed by atoms with van der Waals surface area (Å²) in [6.07, 6.45) is 6.89. The number of hydrogen-bond acceptors (Lipinski definition) is 5. The van der Waals surface area contributed by atoms with Crippen molar-refractivity contribution in [1.82, 2.24) is 0 Å². The van der Waals surface area contributed by atoms with Crippen molar-refractivity contribution in [3.63, 3.8) is 0 Å². The van der Waals surface area contributed by atoms with E-state index in [0.29, 0.717) is 11.1 Å². The van der Waals surface area contributed by atoms with Crippen molar-refractivity contribution in [3.8, 4) is 0 Å². The molecule has 1 spiro atoms. The van der Waals surface area contributed by atoms with Gasteiger partial charge in [-0.3, -0.25) is 4.79 Å². The predicted molar refractivity (Wildman–Crippen MR) is 104 cm³/mol. The molecule has 2 heterocycles. The van der Waals surface area contributed by atoms with E-state index in [9.17, 15) is 9.59 Å². The number of fused-ring (bicyclic) bond motifs is 2. The highest BCUT2D eigenvalue weighted by atomic mass is 28.4. The monoisotopic (exact) mass is 390 g/mol. The van der Waals surface area contributed by atoms with Gasteiger partial charge < -0.3 is 13.9 Å². The first-order valence-corrected chi connectivity index (χ1v) is 13.5. The van der Waals surface area contributed by atoms with Crippen LogP contribution in [0.3, 0.4) is 0 Å². The lowest BCUT2D eigenvalue weighted by Crippen LogP contribution is -2.42. The van der Waals surface area contributed by atoms with Crippen LogP contribution in [-0.4, -0.2) is 44.5 Å². The van der Waals surface area contributed by atoms with Crippen LogP contribution < -0.4 is 0 Å². The smallest absolute Gasteiger partial charge is 0.337 e.